The van der Waals surface area contributed by atoms with Crippen LogP contribution in [0.1, 0.15) is 12.0 Å². The number of hydrogen-bond acceptors (Lipinski definition) is 5. The van der Waals surface area contributed by atoms with Crippen molar-refractivity contribution in [3.8, 4) is 5.75 Å². The van der Waals surface area contributed by atoms with Crippen LogP contribution in [0.5, 0.6) is 5.75 Å². The molecule has 0 bridgehead atoms. The predicted molar refractivity (Wildman–Crippen MR) is 104 cm³/mol. The van der Waals surface area contributed by atoms with E-state index in [1.165, 1.54) is 4.90 Å². The summed E-state index contributed by atoms with van der Waals surface area (Å²) in [5.74, 6) is 0.513. The minimum Gasteiger partial charge on any atom is -0.497 e. The summed E-state index contributed by atoms with van der Waals surface area (Å²) in [6, 6.07) is 15.0. The molecule has 0 aliphatic carbocycles. The van der Waals surface area contributed by atoms with E-state index in [1.54, 1.807) is 18.9 Å². The molecule has 136 valence electrons. The highest BCUT2D eigenvalue weighted by molar-refractivity contribution is 7.98. The van der Waals surface area contributed by atoms with Gasteiger partial charge in [-0.1, -0.05) is 18.2 Å². The Morgan fingerprint density at radius 2 is 1.96 bits per heavy atom. The summed E-state index contributed by atoms with van der Waals surface area (Å²) in [4.78, 5) is 27.4. The second-order valence-corrected chi connectivity index (χ2v) is 6.99. The van der Waals surface area contributed by atoms with E-state index >= 15 is 0 Å². The predicted octanol–water partition coefficient (Wildman–Crippen LogP) is 3.20. The first-order chi connectivity index (χ1) is 12.6. The van der Waals surface area contributed by atoms with Crippen molar-refractivity contribution in [2.45, 2.75) is 23.8 Å². The zero-order valence-electron chi connectivity index (χ0n) is 14.9. The monoisotopic (exact) mass is 370 g/mol. The van der Waals surface area contributed by atoms with Crippen molar-refractivity contribution in [3.05, 3.63) is 54.1 Å². The lowest BCUT2D eigenvalue weighted by atomic mass is 10.1. The van der Waals surface area contributed by atoms with Crippen LogP contribution in [0.25, 0.3) is 0 Å². The molecule has 2 aromatic carbocycles. The van der Waals surface area contributed by atoms with Crippen molar-refractivity contribution >= 4 is 29.3 Å². The summed E-state index contributed by atoms with van der Waals surface area (Å²) in [5.41, 5.74) is 1.93. The van der Waals surface area contributed by atoms with Crippen molar-refractivity contribution in [3.63, 3.8) is 0 Å². The maximum atomic E-state index is 12.6. The van der Waals surface area contributed by atoms with Crippen LogP contribution in [-0.2, 0) is 16.0 Å². The van der Waals surface area contributed by atoms with Crippen LogP contribution in [0.15, 0.2) is 53.4 Å². The van der Waals surface area contributed by atoms with Gasteiger partial charge in [-0.25, -0.2) is 0 Å². The number of thioether (sulfide) groups is 1. The maximum absolute atomic E-state index is 12.6. The van der Waals surface area contributed by atoms with Crippen LogP contribution in [-0.4, -0.2) is 42.7 Å². The molecular weight excluding hydrogens is 348 g/mol. The molecule has 1 atom stereocenters. The number of amides is 2. The molecule has 1 saturated heterocycles. The van der Waals surface area contributed by atoms with Gasteiger partial charge < -0.3 is 10.1 Å². The first-order valence-corrected chi connectivity index (χ1v) is 9.71. The number of benzene rings is 2. The van der Waals surface area contributed by atoms with Gasteiger partial charge in [0.25, 0.3) is 5.91 Å². The number of nitrogens with zero attached hydrogens (tertiary/aromatic N) is 1. The second kappa shape index (κ2) is 8.27. The number of nitrogens with one attached hydrogen (secondary N) is 1. The number of imide groups is 1. The van der Waals surface area contributed by atoms with E-state index in [-0.39, 0.29) is 18.2 Å². The first kappa shape index (κ1) is 18.3. The molecule has 1 N–H and O–H groups in total. The van der Waals surface area contributed by atoms with E-state index in [4.69, 9.17) is 4.74 Å². The lowest BCUT2D eigenvalue weighted by Gasteiger charge is -2.16. The number of rotatable bonds is 7. The van der Waals surface area contributed by atoms with Crippen LogP contribution >= 0.6 is 11.8 Å². The fraction of sp³-hybridized carbons (Fsp3) is 0.300. The Morgan fingerprint density at radius 3 is 2.65 bits per heavy atom. The van der Waals surface area contributed by atoms with Crippen molar-refractivity contribution in [2.24, 2.45) is 0 Å². The van der Waals surface area contributed by atoms with E-state index in [0.29, 0.717) is 13.0 Å². The summed E-state index contributed by atoms with van der Waals surface area (Å²) in [6.07, 6.45) is 2.84. The molecule has 1 heterocycles. The number of carbonyl (C=O) groups is 2. The van der Waals surface area contributed by atoms with Gasteiger partial charge in [0.2, 0.25) is 5.91 Å². The van der Waals surface area contributed by atoms with Crippen LogP contribution in [0.2, 0.25) is 0 Å². The molecule has 3 rings (SSSR count). The molecule has 1 aliphatic heterocycles. The number of anilines is 1. The fourth-order valence-electron chi connectivity index (χ4n) is 2.98. The lowest BCUT2D eigenvalue weighted by molar-refractivity contribution is -0.138. The van der Waals surface area contributed by atoms with Gasteiger partial charge in [-0.3, -0.25) is 14.5 Å². The van der Waals surface area contributed by atoms with Crippen molar-refractivity contribution in [1.82, 2.24) is 4.90 Å². The van der Waals surface area contributed by atoms with Gasteiger partial charge in [0.1, 0.15) is 11.8 Å². The number of likely N-dealkylation sites (tertiary alicyclic amines) is 1. The normalized spacial score (nSPS) is 16.8. The number of carbonyl (C=O) groups excluding carboxylic acids is 2. The third-order valence-electron chi connectivity index (χ3n) is 4.44. The van der Waals surface area contributed by atoms with E-state index in [0.717, 1.165) is 21.9 Å². The summed E-state index contributed by atoms with van der Waals surface area (Å²) in [5, 5.41) is 3.20. The standard InChI is InChI=1S/C20H22N2O3S/c1-25-16-8-6-14(7-9-16)10-11-22-19(23)13-18(20(22)24)21-15-4-3-5-17(12-15)26-2/h3-9,12,18,21H,10-11,13H2,1-2H3/t18-/m1/s1. The molecule has 2 amide bonds. The van der Waals surface area contributed by atoms with Crippen LogP contribution < -0.4 is 10.1 Å². The van der Waals surface area contributed by atoms with E-state index in [2.05, 4.69) is 5.32 Å². The Balaban J connectivity index is 1.60. The van der Waals surface area contributed by atoms with Crippen molar-refractivity contribution in [2.75, 3.05) is 25.2 Å². The topological polar surface area (TPSA) is 58.6 Å². The van der Waals surface area contributed by atoms with Crippen LogP contribution in [0.3, 0.4) is 0 Å². The van der Waals surface area contributed by atoms with Gasteiger partial charge >= 0.3 is 0 Å². The Bertz CT molecular complexity index is 792. The summed E-state index contributed by atoms with van der Waals surface area (Å²) in [7, 11) is 1.62. The van der Waals surface area contributed by atoms with E-state index in [9.17, 15) is 9.59 Å². The minimum atomic E-state index is -0.490. The molecule has 0 radical (unpaired) electrons. The van der Waals surface area contributed by atoms with Gasteiger partial charge in [0.15, 0.2) is 0 Å². The smallest absolute Gasteiger partial charge is 0.252 e. The highest BCUT2D eigenvalue weighted by Gasteiger charge is 2.38. The number of methoxy groups -OCH3 is 1. The maximum Gasteiger partial charge on any atom is 0.252 e. The van der Waals surface area contributed by atoms with Gasteiger partial charge in [0, 0.05) is 17.1 Å². The average Bonchev–Trinajstić information content (AvgIpc) is 2.93. The largest absolute Gasteiger partial charge is 0.497 e. The van der Waals surface area contributed by atoms with E-state index in [1.807, 2.05) is 54.8 Å². The molecule has 1 aliphatic rings. The SMILES string of the molecule is COc1ccc(CCN2C(=O)C[C@@H](Nc3cccc(SC)c3)C2=O)cc1. The molecule has 1 fully saturated rings. The molecule has 2 aromatic rings. The van der Waals surface area contributed by atoms with E-state index < -0.39 is 6.04 Å². The summed E-state index contributed by atoms with van der Waals surface area (Å²) >= 11 is 1.64. The number of hydrogen-bond donors (Lipinski definition) is 1. The lowest BCUT2D eigenvalue weighted by Crippen LogP contribution is -2.36. The molecule has 6 heteroatoms. The molecule has 5 nitrogen and oxygen atoms in total. The van der Waals surface area contributed by atoms with Crippen LogP contribution in [0.4, 0.5) is 5.69 Å². The summed E-state index contributed by atoms with van der Waals surface area (Å²) in [6.45, 7) is 0.396. The average molecular weight is 370 g/mol. The van der Waals surface area contributed by atoms with Crippen molar-refractivity contribution in [1.29, 1.82) is 0 Å². The molecule has 0 saturated carbocycles. The minimum absolute atomic E-state index is 0.123. The zero-order chi connectivity index (χ0) is 18.5. The van der Waals surface area contributed by atoms with Gasteiger partial charge in [-0.05, 0) is 48.6 Å². The molecule has 26 heavy (non-hydrogen) atoms. The first-order valence-electron chi connectivity index (χ1n) is 8.48. The highest BCUT2D eigenvalue weighted by Crippen LogP contribution is 2.23. The highest BCUT2D eigenvalue weighted by atomic mass is 32.2. The molecule has 0 aromatic heterocycles. The van der Waals surface area contributed by atoms with Gasteiger partial charge in [0.05, 0.1) is 13.5 Å². The second-order valence-electron chi connectivity index (χ2n) is 6.11. The van der Waals surface area contributed by atoms with Crippen molar-refractivity contribution < 1.29 is 14.3 Å². The Labute approximate surface area is 157 Å². The zero-order valence-corrected chi connectivity index (χ0v) is 15.7. The Kier molecular flexibility index (Phi) is 5.83. The molecule has 0 spiro atoms. The Hall–Kier alpha value is -2.47. The summed E-state index contributed by atoms with van der Waals surface area (Å²) < 4.78 is 5.14. The molecular formula is C20H22N2O3S. The number of ether oxygens (including phenoxy) is 1. The van der Waals surface area contributed by atoms with Gasteiger partial charge in [-0.15, -0.1) is 11.8 Å². The Morgan fingerprint density at radius 1 is 1.19 bits per heavy atom. The fourth-order valence-corrected chi connectivity index (χ4v) is 3.44. The third-order valence-corrected chi connectivity index (χ3v) is 5.16. The van der Waals surface area contributed by atoms with Crippen LogP contribution in [0, 0.1) is 0 Å². The third kappa shape index (κ3) is 4.19. The quantitative estimate of drug-likeness (QED) is 0.599. The van der Waals surface area contributed by atoms with Gasteiger partial charge in [-0.2, -0.15) is 0 Å². The molecule has 0 unspecified atom stereocenters.